The predicted molar refractivity (Wildman–Crippen MR) is 58.4 cm³/mol. The summed E-state index contributed by atoms with van der Waals surface area (Å²) in [4.78, 5) is 4.20. The van der Waals surface area contributed by atoms with Gasteiger partial charge in [-0.15, -0.1) is 0 Å². The Morgan fingerprint density at radius 2 is 2.31 bits per heavy atom. The van der Waals surface area contributed by atoms with Crippen molar-refractivity contribution < 1.29 is 4.74 Å². The summed E-state index contributed by atoms with van der Waals surface area (Å²) in [5.41, 5.74) is 6.63. The maximum absolute atomic E-state index is 5.82. The van der Waals surface area contributed by atoms with Crippen LogP contribution in [0.5, 0.6) is 0 Å². The lowest BCUT2D eigenvalue weighted by atomic mass is 10.2. The number of rotatable bonds is 3. The van der Waals surface area contributed by atoms with Crippen LogP contribution in [0, 0.1) is 0 Å². The SMILES string of the molecule is COCC(N)c1ncc(Br)cc1Br. The summed E-state index contributed by atoms with van der Waals surface area (Å²) < 4.78 is 6.76. The summed E-state index contributed by atoms with van der Waals surface area (Å²) in [5.74, 6) is 0. The molecule has 3 nitrogen and oxygen atoms in total. The lowest BCUT2D eigenvalue weighted by molar-refractivity contribution is 0.179. The van der Waals surface area contributed by atoms with E-state index in [1.54, 1.807) is 13.3 Å². The number of nitrogens with zero attached hydrogens (tertiary/aromatic N) is 1. The molecule has 1 aromatic rings. The highest BCUT2D eigenvalue weighted by Crippen LogP contribution is 2.23. The molecule has 0 aliphatic rings. The molecule has 1 rings (SSSR count). The molecule has 2 N–H and O–H groups in total. The number of nitrogens with two attached hydrogens (primary N) is 1. The molecular weight excluding hydrogens is 300 g/mol. The Hall–Kier alpha value is 0.0300. The van der Waals surface area contributed by atoms with Gasteiger partial charge in [-0.1, -0.05) is 0 Å². The number of aromatic nitrogens is 1. The number of ether oxygens (including phenoxy) is 1. The van der Waals surface area contributed by atoms with Crippen molar-refractivity contribution >= 4 is 31.9 Å². The van der Waals surface area contributed by atoms with Gasteiger partial charge in [-0.25, -0.2) is 0 Å². The third-order valence-corrected chi connectivity index (χ3v) is 2.60. The van der Waals surface area contributed by atoms with E-state index < -0.39 is 0 Å². The average molecular weight is 310 g/mol. The van der Waals surface area contributed by atoms with Crippen LogP contribution in [0.4, 0.5) is 0 Å². The average Bonchev–Trinajstić information content (AvgIpc) is 2.04. The van der Waals surface area contributed by atoms with Gasteiger partial charge in [-0.05, 0) is 37.9 Å². The molecule has 1 aromatic heterocycles. The molecule has 0 aliphatic heterocycles. The topological polar surface area (TPSA) is 48.1 Å². The molecule has 0 saturated heterocycles. The van der Waals surface area contributed by atoms with E-state index in [9.17, 15) is 0 Å². The molecule has 1 heterocycles. The van der Waals surface area contributed by atoms with Crippen molar-refractivity contribution in [2.45, 2.75) is 6.04 Å². The Morgan fingerprint density at radius 3 is 2.85 bits per heavy atom. The minimum absolute atomic E-state index is 0.188. The van der Waals surface area contributed by atoms with E-state index in [-0.39, 0.29) is 6.04 Å². The van der Waals surface area contributed by atoms with Gasteiger partial charge in [0, 0.05) is 22.3 Å². The van der Waals surface area contributed by atoms with Crippen molar-refractivity contribution in [3.05, 3.63) is 26.9 Å². The van der Waals surface area contributed by atoms with Gasteiger partial charge in [0.25, 0.3) is 0 Å². The molecule has 0 radical (unpaired) electrons. The highest BCUT2D eigenvalue weighted by atomic mass is 79.9. The smallest absolute Gasteiger partial charge is 0.0737 e. The molecule has 0 fully saturated rings. The summed E-state index contributed by atoms with van der Waals surface area (Å²) in [6.45, 7) is 0.466. The van der Waals surface area contributed by atoms with Crippen molar-refractivity contribution in [3.63, 3.8) is 0 Å². The van der Waals surface area contributed by atoms with Crippen molar-refractivity contribution in [2.24, 2.45) is 5.73 Å². The summed E-state index contributed by atoms with van der Waals surface area (Å²) in [5, 5.41) is 0. The van der Waals surface area contributed by atoms with Gasteiger partial charge in [0.15, 0.2) is 0 Å². The maximum Gasteiger partial charge on any atom is 0.0737 e. The molecule has 72 valence electrons. The Kier molecular flexibility index (Phi) is 4.31. The first-order chi connectivity index (χ1) is 6.15. The van der Waals surface area contributed by atoms with E-state index in [1.165, 1.54) is 0 Å². The number of hydrogen-bond acceptors (Lipinski definition) is 3. The highest BCUT2D eigenvalue weighted by molar-refractivity contribution is 9.11. The van der Waals surface area contributed by atoms with Gasteiger partial charge >= 0.3 is 0 Å². The van der Waals surface area contributed by atoms with Crippen LogP contribution >= 0.6 is 31.9 Å². The van der Waals surface area contributed by atoms with Gasteiger partial charge in [-0.2, -0.15) is 0 Å². The molecule has 1 unspecified atom stereocenters. The summed E-state index contributed by atoms with van der Waals surface area (Å²) in [6.07, 6.45) is 1.72. The second-order valence-corrected chi connectivity index (χ2v) is 4.35. The third kappa shape index (κ3) is 3.02. The Morgan fingerprint density at radius 1 is 1.62 bits per heavy atom. The lowest BCUT2D eigenvalue weighted by Gasteiger charge is -2.11. The highest BCUT2D eigenvalue weighted by Gasteiger charge is 2.11. The third-order valence-electron chi connectivity index (χ3n) is 1.53. The second kappa shape index (κ2) is 5.05. The number of hydrogen-bond donors (Lipinski definition) is 1. The van der Waals surface area contributed by atoms with Gasteiger partial charge in [0.05, 0.1) is 18.3 Å². The minimum atomic E-state index is -0.188. The normalized spacial score (nSPS) is 12.9. The first kappa shape index (κ1) is 11.1. The molecular formula is C8H10Br2N2O. The van der Waals surface area contributed by atoms with Crippen molar-refractivity contribution in [2.75, 3.05) is 13.7 Å². The number of halogens is 2. The van der Waals surface area contributed by atoms with Crippen LogP contribution in [0.25, 0.3) is 0 Å². The van der Waals surface area contributed by atoms with Crippen LogP contribution in [-0.4, -0.2) is 18.7 Å². The zero-order chi connectivity index (χ0) is 9.84. The number of methoxy groups -OCH3 is 1. The van der Waals surface area contributed by atoms with Crippen molar-refractivity contribution in [1.29, 1.82) is 0 Å². The van der Waals surface area contributed by atoms with Gasteiger partial charge in [0.1, 0.15) is 0 Å². The fourth-order valence-electron chi connectivity index (χ4n) is 0.956. The first-order valence-corrected chi connectivity index (χ1v) is 5.29. The molecule has 0 bridgehead atoms. The standard InChI is InChI=1S/C8H10Br2N2O/c1-13-4-7(11)8-6(10)2-5(9)3-12-8/h2-3,7H,4,11H2,1H3. The molecule has 5 heteroatoms. The van der Waals surface area contributed by atoms with Crippen molar-refractivity contribution in [3.8, 4) is 0 Å². The van der Waals surface area contributed by atoms with E-state index in [0.29, 0.717) is 6.61 Å². The zero-order valence-corrected chi connectivity index (χ0v) is 10.3. The zero-order valence-electron chi connectivity index (χ0n) is 7.13. The quantitative estimate of drug-likeness (QED) is 0.931. The Labute approximate surface area is 93.9 Å². The van der Waals surface area contributed by atoms with Crippen LogP contribution in [-0.2, 0) is 4.74 Å². The van der Waals surface area contributed by atoms with Crippen LogP contribution in [0.1, 0.15) is 11.7 Å². The van der Waals surface area contributed by atoms with Gasteiger partial charge in [0.2, 0.25) is 0 Å². The van der Waals surface area contributed by atoms with E-state index >= 15 is 0 Å². The van der Waals surface area contributed by atoms with Crippen LogP contribution in [0.2, 0.25) is 0 Å². The van der Waals surface area contributed by atoms with Crippen LogP contribution in [0.15, 0.2) is 21.2 Å². The Balaban J connectivity index is 2.88. The monoisotopic (exact) mass is 308 g/mol. The summed E-state index contributed by atoms with van der Waals surface area (Å²) in [7, 11) is 1.62. The van der Waals surface area contributed by atoms with Crippen LogP contribution < -0.4 is 5.73 Å². The van der Waals surface area contributed by atoms with E-state index in [0.717, 1.165) is 14.6 Å². The molecule has 0 aromatic carbocycles. The fraction of sp³-hybridized carbons (Fsp3) is 0.375. The molecule has 0 spiro atoms. The minimum Gasteiger partial charge on any atom is -0.383 e. The molecule has 13 heavy (non-hydrogen) atoms. The fourth-order valence-corrected chi connectivity index (χ4v) is 2.24. The summed E-state index contributed by atoms with van der Waals surface area (Å²) >= 11 is 6.71. The molecule has 0 amide bonds. The van der Waals surface area contributed by atoms with Crippen LogP contribution in [0.3, 0.4) is 0 Å². The lowest BCUT2D eigenvalue weighted by Crippen LogP contribution is -2.18. The van der Waals surface area contributed by atoms with E-state index in [2.05, 4.69) is 36.8 Å². The first-order valence-electron chi connectivity index (χ1n) is 3.70. The second-order valence-electron chi connectivity index (χ2n) is 2.58. The van der Waals surface area contributed by atoms with Gasteiger partial charge in [-0.3, -0.25) is 4.98 Å². The van der Waals surface area contributed by atoms with Gasteiger partial charge < -0.3 is 10.5 Å². The summed E-state index contributed by atoms with van der Waals surface area (Å²) in [6, 6.07) is 1.73. The largest absolute Gasteiger partial charge is 0.383 e. The Bertz CT molecular complexity index is 293. The van der Waals surface area contributed by atoms with E-state index in [1.807, 2.05) is 6.07 Å². The predicted octanol–water partition coefficient (Wildman–Crippen LogP) is 2.25. The molecule has 1 atom stereocenters. The molecule has 0 saturated carbocycles. The maximum atomic E-state index is 5.82. The van der Waals surface area contributed by atoms with E-state index in [4.69, 9.17) is 10.5 Å². The molecule has 0 aliphatic carbocycles. The van der Waals surface area contributed by atoms with Crippen molar-refractivity contribution in [1.82, 2.24) is 4.98 Å². The number of pyridine rings is 1.